The van der Waals surface area contributed by atoms with Crippen molar-refractivity contribution in [3.05, 3.63) is 102 Å². The molecular formula is C25H25NO4. The van der Waals surface area contributed by atoms with Gasteiger partial charge in [-0.1, -0.05) is 78.9 Å². The Bertz CT molecular complexity index is 957. The molecule has 5 heteroatoms. The summed E-state index contributed by atoms with van der Waals surface area (Å²) in [4.78, 5) is 24.3. The summed E-state index contributed by atoms with van der Waals surface area (Å²) in [7, 11) is 0. The first-order chi connectivity index (χ1) is 14.6. The predicted molar refractivity (Wildman–Crippen MR) is 115 cm³/mol. The van der Waals surface area contributed by atoms with Crippen LogP contribution in [0.4, 0.5) is 0 Å². The third-order valence-electron chi connectivity index (χ3n) is 4.54. The highest BCUT2D eigenvalue weighted by Crippen LogP contribution is 2.21. The van der Waals surface area contributed by atoms with Gasteiger partial charge in [0.25, 0.3) is 5.91 Å². The fraction of sp³-hybridized carbons (Fsp3) is 0.200. The van der Waals surface area contributed by atoms with Crippen molar-refractivity contribution in [3.63, 3.8) is 0 Å². The quantitative estimate of drug-likeness (QED) is 0.550. The topological polar surface area (TPSA) is 64.6 Å². The Labute approximate surface area is 176 Å². The first-order valence-corrected chi connectivity index (χ1v) is 9.87. The molecule has 3 aromatic rings. The van der Waals surface area contributed by atoms with Crippen molar-refractivity contribution in [3.8, 4) is 5.75 Å². The summed E-state index contributed by atoms with van der Waals surface area (Å²) in [6.07, 6.45) is -0.200. The van der Waals surface area contributed by atoms with Crippen LogP contribution < -0.4 is 10.1 Å². The van der Waals surface area contributed by atoms with E-state index in [1.165, 1.54) is 0 Å². The molecule has 0 saturated heterocycles. The van der Waals surface area contributed by atoms with E-state index in [1.54, 1.807) is 6.92 Å². The van der Waals surface area contributed by atoms with E-state index >= 15 is 0 Å². The summed E-state index contributed by atoms with van der Waals surface area (Å²) in [5, 5.41) is 2.76. The van der Waals surface area contributed by atoms with Gasteiger partial charge in [0.15, 0.2) is 12.7 Å². The van der Waals surface area contributed by atoms with E-state index < -0.39 is 12.1 Å². The maximum absolute atomic E-state index is 12.2. The van der Waals surface area contributed by atoms with Crippen molar-refractivity contribution in [2.75, 3.05) is 6.61 Å². The summed E-state index contributed by atoms with van der Waals surface area (Å²) in [5.74, 6) is -0.317. The van der Waals surface area contributed by atoms with Crippen LogP contribution in [0.15, 0.2) is 84.9 Å². The summed E-state index contributed by atoms with van der Waals surface area (Å²) >= 11 is 0. The van der Waals surface area contributed by atoms with Crippen molar-refractivity contribution in [2.45, 2.75) is 26.0 Å². The first kappa shape index (κ1) is 21.1. The lowest BCUT2D eigenvalue weighted by Crippen LogP contribution is -2.36. The van der Waals surface area contributed by atoms with Crippen LogP contribution in [0.5, 0.6) is 5.75 Å². The molecule has 1 amide bonds. The van der Waals surface area contributed by atoms with Crippen LogP contribution in [0.3, 0.4) is 0 Å². The molecular weight excluding hydrogens is 378 g/mol. The summed E-state index contributed by atoms with van der Waals surface area (Å²) in [6, 6.07) is 27.1. The third kappa shape index (κ3) is 6.48. The minimum absolute atomic E-state index is 0.262. The van der Waals surface area contributed by atoms with Crippen LogP contribution in [0, 0.1) is 0 Å². The smallest absolute Gasteiger partial charge is 0.344 e. The van der Waals surface area contributed by atoms with E-state index in [1.807, 2.05) is 84.9 Å². The number of amides is 1. The van der Waals surface area contributed by atoms with Gasteiger partial charge in [0.2, 0.25) is 0 Å². The van der Waals surface area contributed by atoms with Gasteiger partial charge in [0, 0.05) is 13.0 Å². The minimum Gasteiger partial charge on any atom is -0.482 e. The number of hydrogen-bond acceptors (Lipinski definition) is 4. The molecule has 0 aliphatic heterocycles. The van der Waals surface area contributed by atoms with E-state index in [0.29, 0.717) is 18.7 Å². The molecule has 0 aliphatic rings. The molecule has 0 unspecified atom stereocenters. The van der Waals surface area contributed by atoms with Crippen LogP contribution in [-0.2, 0) is 27.3 Å². The summed E-state index contributed by atoms with van der Waals surface area (Å²) < 4.78 is 10.9. The molecule has 3 aromatic carbocycles. The second-order valence-corrected chi connectivity index (χ2v) is 6.89. The number of para-hydroxylation sites is 1. The third-order valence-corrected chi connectivity index (χ3v) is 4.54. The Morgan fingerprint density at radius 2 is 1.43 bits per heavy atom. The maximum Gasteiger partial charge on any atom is 0.344 e. The standard InChI is InChI=1S/C25H25NO4/c1-19(25(28)26-17-21-12-6-3-7-13-21)30-24(27)18-29-23-15-9-8-14-22(23)16-20-10-4-2-5-11-20/h2-15,19H,16-18H2,1H3,(H,26,28)/t19-/m1/s1. The summed E-state index contributed by atoms with van der Waals surface area (Å²) in [5.41, 5.74) is 3.10. The van der Waals surface area contributed by atoms with Gasteiger partial charge in [0.1, 0.15) is 5.75 Å². The van der Waals surface area contributed by atoms with E-state index in [2.05, 4.69) is 5.32 Å². The number of carbonyl (C=O) groups excluding carboxylic acids is 2. The number of nitrogens with one attached hydrogen (secondary N) is 1. The molecule has 3 rings (SSSR count). The van der Waals surface area contributed by atoms with Gasteiger partial charge in [-0.25, -0.2) is 4.79 Å². The number of hydrogen-bond donors (Lipinski definition) is 1. The van der Waals surface area contributed by atoms with E-state index in [9.17, 15) is 9.59 Å². The van der Waals surface area contributed by atoms with Crippen LogP contribution in [0.2, 0.25) is 0 Å². The molecule has 1 N–H and O–H groups in total. The second kappa shape index (κ2) is 10.8. The highest BCUT2D eigenvalue weighted by Gasteiger charge is 2.18. The SMILES string of the molecule is C[C@@H](OC(=O)COc1ccccc1Cc1ccccc1)C(=O)NCc1ccccc1. The molecule has 0 fully saturated rings. The Hall–Kier alpha value is -3.60. The molecule has 0 saturated carbocycles. The predicted octanol–water partition coefficient (Wildman–Crippen LogP) is 3.90. The molecule has 0 aliphatic carbocycles. The number of carbonyl (C=O) groups is 2. The van der Waals surface area contributed by atoms with E-state index in [4.69, 9.17) is 9.47 Å². The van der Waals surface area contributed by atoms with Gasteiger partial charge < -0.3 is 14.8 Å². The normalized spacial score (nSPS) is 11.4. The number of ether oxygens (including phenoxy) is 2. The Balaban J connectivity index is 1.48. The molecule has 30 heavy (non-hydrogen) atoms. The second-order valence-electron chi connectivity index (χ2n) is 6.89. The van der Waals surface area contributed by atoms with Gasteiger partial charge in [-0.3, -0.25) is 4.79 Å². The van der Waals surface area contributed by atoms with Crippen molar-refractivity contribution >= 4 is 11.9 Å². The van der Waals surface area contributed by atoms with Crippen LogP contribution in [-0.4, -0.2) is 24.6 Å². The van der Waals surface area contributed by atoms with Gasteiger partial charge in [-0.15, -0.1) is 0 Å². The van der Waals surface area contributed by atoms with Crippen molar-refractivity contribution in [1.29, 1.82) is 0 Å². The highest BCUT2D eigenvalue weighted by atomic mass is 16.6. The summed E-state index contributed by atoms with van der Waals surface area (Å²) in [6.45, 7) is 1.66. The zero-order chi connectivity index (χ0) is 21.2. The van der Waals surface area contributed by atoms with Gasteiger partial charge >= 0.3 is 5.97 Å². The molecule has 154 valence electrons. The van der Waals surface area contributed by atoms with E-state index in [-0.39, 0.29) is 12.5 Å². The van der Waals surface area contributed by atoms with Gasteiger partial charge in [0.05, 0.1) is 0 Å². The highest BCUT2D eigenvalue weighted by molar-refractivity contribution is 5.83. The van der Waals surface area contributed by atoms with Crippen LogP contribution in [0.1, 0.15) is 23.6 Å². The Morgan fingerprint density at radius 3 is 2.13 bits per heavy atom. The fourth-order valence-electron chi connectivity index (χ4n) is 2.96. The Kier molecular flexibility index (Phi) is 7.61. The molecule has 5 nitrogen and oxygen atoms in total. The largest absolute Gasteiger partial charge is 0.482 e. The van der Waals surface area contributed by atoms with Gasteiger partial charge in [-0.2, -0.15) is 0 Å². The lowest BCUT2D eigenvalue weighted by molar-refractivity contribution is -0.156. The van der Waals surface area contributed by atoms with Crippen molar-refractivity contribution in [1.82, 2.24) is 5.32 Å². The molecule has 0 spiro atoms. The van der Waals surface area contributed by atoms with Crippen LogP contribution >= 0.6 is 0 Å². The molecule has 0 aromatic heterocycles. The first-order valence-electron chi connectivity index (χ1n) is 9.87. The zero-order valence-electron chi connectivity index (χ0n) is 16.9. The number of rotatable bonds is 9. The van der Waals surface area contributed by atoms with Crippen LogP contribution in [0.25, 0.3) is 0 Å². The molecule has 0 radical (unpaired) electrons. The molecule has 1 atom stereocenters. The molecule has 0 bridgehead atoms. The Morgan fingerprint density at radius 1 is 0.833 bits per heavy atom. The van der Waals surface area contributed by atoms with E-state index in [0.717, 1.165) is 16.7 Å². The average Bonchev–Trinajstić information content (AvgIpc) is 2.78. The van der Waals surface area contributed by atoms with Crippen molar-refractivity contribution in [2.24, 2.45) is 0 Å². The lowest BCUT2D eigenvalue weighted by atomic mass is 10.0. The average molecular weight is 403 g/mol. The number of benzene rings is 3. The minimum atomic E-state index is -0.899. The fourth-order valence-corrected chi connectivity index (χ4v) is 2.96. The lowest BCUT2D eigenvalue weighted by Gasteiger charge is -2.15. The molecule has 0 heterocycles. The number of esters is 1. The van der Waals surface area contributed by atoms with Crippen molar-refractivity contribution < 1.29 is 19.1 Å². The van der Waals surface area contributed by atoms with Gasteiger partial charge in [-0.05, 0) is 29.7 Å². The maximum atomic E-state index is 12.2. The monoisotopic (exact) mass is 403 g/mol. The zero-order valence-corrected chi connectivity index (χ0v) is 16.9.